The van der Waals surface area contributed by atoms with E-state index >= 15 is 0 Å². The fourth-order valence-electron chi connectivity index (χ4n) is 3.19. The van der Waals surface area contributed by atoms with E-state index in [9.17, 15) is 4.79 Å². The Labute approximate surface area is 179 Å². The highest BCUT2D eigenvalue weighted by Crippen LogP contribution is 2.28. The van der Waals surface area contributed by atoms with Crippen molar-refractivity contribution in [3.05, 3.63) is 66.7 Å². The van der Waals surface area contributed by atoms with Crippen molar-refractivity contribution in [1.29, 1.82) is 0 Å². The monoisotopic (exact) mass is 418 g/mol. The average Bonchev–Trinajstić information content (AvgIpc) is 3.14. The van der Waals surface area contributed by atoms with Crippen molar-refractivity contribution < 1.29 is 9.53 Å². The third kappa shape index (κ3) is 4.02. The van der Waals surface area contributed by atoms with E-state index in [1.54, 1.807) is 7.11 Å². The lowest BCUT2D eigenvalue weighted by Gasteiger charge is -2.13. The quantitative estimate of drug-likeness (QED) is 0.457. The van der Waals surface area contributed by atoms with E-state index in [4.69, 9.17) is 4.74 Å². The van der Waals surface area contributed by atoms with E-state index in [-0.39, 0.29) is 11.2 Å². The molecule has 0 saturated carbocycles. The summed E-state index contributed by atoms with van der Waals surface area (Å²) in [6.45, 7) is 1.87. The summed E-state index contributed by atoms with van der Waals surface area (Å²) < 4.78 is 7.10. The Bertz CT molecular complexity index is 1180. The SMILES string of the molecule is COc1ccc(-c2nnc(SC(C)C(=O)Nc3cccc4ccccc34)n2C)cc1. The summed E-state index contributed by atoms with van der Waals surface area (Å²) in [5.74, 6) is 1.45. The second kappa shape index (κ2) is 8.59. The van der Waals surface area contributed by atoms with Gasteiger partial charge >= 0.3 is 0 Å². The third-order valence-electron chi connectivity index (χ3n) is 4.88. The summed E-state index contributed by atoms with van der Waals surface area (Å²) >= 11 is 1.38. The molecular weight excluding hydrogens is 396 g/mol. The molecule has 4 rings (SSSR count). The van der Waals surface area contributed by atoms with E-state index in [0.29, 0.717) is 5.16 Å². The van der Waals surface area contributed by atoms with Crippen molar-refractivity contribution in [2.24, 2.45) is 7.05 Å². The second-order valence-corrected chi connectivity index (χ2v) is 8.18. The van der Waals surface area contributed by atoms with Crippen LogP contribution in [-0.4, -0.2) is 33.0 Å². The topological polar surface area (TPSA) is 69.0 Å². The summed E-state index contributed by atoms with van der Waals surface area (Å²) in [6.07, 6.45) is 0. The molecule has 1 aromatic heterocycles. The number of nitrogens with one attached hydrogen (secondary N) is 1. The van der Waals surface area contributed by atoms with Crippen LogP contribution in [0.2, 0.25) is 0 Å². The first-order chi connectivity index (χ1) is 14.6. The summed E-state index contributed by atoms with van der Waals surface area (Å²) in [5, 5.41) is 14.1. The maximum Gasteiger partial charge on any atom is 0.237 e. The molecule has 1 amide bonds. The minimum atomic E-state index is -0.337. The van der Waals surface area contributed by atoms with Crippen LogP contribution < -0.4 is 10.1 Å². The first-order valence-electron chi connectivity index (χ1n) is 9.56. The molecule has 3 aromatic carbocycles. The number of amides is 1. The molecule has 7 heteroatoms. The van der Waals surface area contributed by atoms with Gasteiger partial charge in [0.25, 0.3) is 0 Å². The van der Waals surface area contributed by atoms with E-state index in [2.05, 4.69) is 15.5 Å². The number of anilines is 1. The molecule has 0 saturated heterocycles. The van der Waals surface area contributed by atoms with Crippen molar-refractivity contribution in [3.63, 3.8) is 0 Å². The van der Waals surface area contributed by atoms with Crippen LogP contribution in [0.4, 0.5) is 5.69 Å². The molecule has 152 valence electrons. The first-order valence-corrected chi connectivity index (χ1v) is 10.4. The van der Waals surface area contributed by atoms with Crippen molar-refractivity contribution in [1.82, 2.24) is 14.8 Å². The molecule has 1 N–H and O–H groups in total. The Morgan fingerprint density at radius 2 is 1.77 bits per heavy atom. The fraction of sp³-hybridized carbons (Fsp3) is 0.174. The first kappa shape index (κ1) is 20.0. The molecule has 0 radical (unpaired) electrons. The highest BCUT2D eigenvalue weighted by Gasteiger charge is 2.20. The van der Waals surface area contributed by atoms with Crippen molar-refractivity contribution >= 4 is 34.1 Å². The maximum atomic E-state index is 12.8. The number of benzene rings is 3. The molecular formula is C23H22N4O2S. The molecule has 1 unspecified atom stereocenters. The Balaban J connectivity index is 1.49. The summed E-state index contributed by atoms with van der Waals surface area (Å²) in [4.78, 5) is 12.8. The Morgan fingerprint density at radius 3 is 2.53 bits per heavy atom. The predicted octanol–water partition coefficient (Wildman–Crippen LogP) is 4.76. The van der Waals surface area contributed by atoms with Crippen molar-refractivity contribution in [3.8, 4) is 17.1 Å². The molecule has 0 aliphatic carbocycles. The van der Waals surface area contributed by atoms with E-state index in [1.807, 2.05) is 85.3 Å². The predicted molar refractivity (Wildman–Crippen MR) is 121 cm³/mol. The fourth-order valence-corrected chi connectivity index (χ4v) is 4.00. The molecule has 4 aromatic rings. The van der Waals surface area contributed by atoms with Gasteiger partial charge in [-0.1, -0.05) is 48.2 Å². The number of carbonyl (C=O) groups is 1. The van der Waals surface area contributed by atoms with Gasteiger partial charge in [0, 0.05) is 23.7 Å². The molecule has 30 heavy (non-hydrogen) atoms. The van der Waals surface area contributed by atoms with Crippen LogP contribution in [0.5, 0.6) is 5.75 Å². The lowest BCUT2D eigenvalue weighted by atomic mass is 10.1. The number of nitrogens with zero attached hydrogens (tertiary/aromatic N) is 3. The van der Waals surface area contributed by atoms with Crippen LogP contribution in [0.25, 0.3) is 22.2 Å². The second-order valence-electron chi connectivity index (χ2n) is 6.87. The van der Waals surface area contributed by atoms with Gasteiger partial charge in [0.05, 0.1) is 12.4 Å². The molecule has 0 aliphatic heterocycles. The van der Waals surface area contributed by atoms with Gasteiger partial charge in [-0.2, -0.15) is 0 Å². The van der Waals surface area contributed by atoms with E-state index in [1.165, 1.54) is 11.8 Å². The number of methoxy groups -OCH3 is 1. The van der Waals surface area contributed by atoms with Gasteiger partial charge in [-0.3, -0.25) is 4.79 Å². The van der Waals surface area contributed by atoms with Gasteiger partial charge in [-0.25, -0.2) is 0 Å². The summed E-state index contributed by atoms with van der Waals surface area (Å²) in [6, 6.07) is 21.5. The largest absolute Gasteiger partial charge is 0.497 e. The number of aromatic nitrogens is 3. The van der Waals surface area contributed by atoms with Crippen LogP contribution in [0.1, 0.15) is 6.92 Å². The van der Waals surface area contributed by atoms with Gasteiger partial charge in [-0.05, 0) is 42.6 Å². The zero-order chi connectivity index (χ0) is 21.1. The minimum absolute atomic E-state index is 0.0784. The Hall–Kier alpha value is -3.32. The normalized spacial score (nSPS) is 12.0. The number of hydrogen-bond donors (Lipinski definition) is 1. The zero-order valence-corrected chi connectivity index (χ0v) is 17.8. The number of carbonyl (C=O) groups excluding carboxylic acids is 1. The van der Waals surface area contributed by atoms with Crippen LogP contribution >= 0.6 is 11.8 Å². The molecule has 0 fully saturated rings. The number of hydrogen-bond acceptors (Lipinski definition) is 5. The lowest BCUT2D eigenvalue weighted by molar-refractivity contribution is -0.115. The zero-order valence-electron chi connectivity index (χ0n) is 17.0. The van der Waals surface area contributed by atoms with Gasteiger partial charge in [0.15, 0.2) is 11.0 Å². The van der Waals surface area contributed by atoms with Crippen LogP contribution in [0.15, 0.2) is 71.9 Å². The molecule has 0 aliphatic rings. The van der Waals surface area contributed by atoms with Gasteiger partial charge in [-0.15, -0.1) is 10.2 Å². The number of fused-ring (bicyclic) bond motifs is 1. The molecule has 1 heterocycles. The van der Waals surface area contributed by atoms with E-state index in [0.717, 1.165) is 33.6 Å². The van der Waals surface area contributed by atoms with Crippen molar-refractivity contribution in [2.75, 3.05) is 12.4 Å². The average molecular weight is 419 g/mol. The number of rotatable bonds is 6. The lowest BCUT2D eigenvalue weighted by Crippen LogP contribution is -2.23. The molecule has 6 nitrogen and oxygen atoms in total. The standard InChI is InChI=1S/C23H22N4O2S/c1-15(22(28)24-20-10-6-8-16-7-4-5-9-19(16)20)30-23-26-25-21(27(23)2)17-11-13-18(29-3)14-12-17/h4-15H,1-3H3,(H,24,28). The van der Waals surface area contributed by atoms with Crippen LogP contribution in [0.3, 0.4) is 0 Å². The third-order valence-corrected chi connectivity index (χ3v) is 6.02. The summed E-state index contributed by atoms with van der Waals surface area (Å²) in [5.41, 5.74) is 1.74. The van der Waals surface area contributed by atoms with Crippen LogP contribution in [0, 0.1) is 0 Å². The van der Waals surface area contributed by atoms with E-state index < -0.39 is 0 Å². The smallest absolute Gasteiger partial charge is 0.237 e. The Morgan fingerprint density at radius 1 is 1.03 bits per heavy atom. The minimum Gasteiger partial charge on any atom is -0.497 e. The molecule has 1 atom stereocenters. The highest BCUT2D eigenvalue weighted by molar-refractivity contribution is 8.00. The number of ether oxygens (including phenoxy) is 1. The van der Waals surface area contributed by atoms with Gasteiger partial charge < -0.3 is 14.6 Å². The molecule has 0 bridgehead atoms. The maximum absolute atomic E-state index is 12.8. The summed E-state index contributed by atoms with van der Waals surface area (Å²) in [7, 11) is 3.54. The number of thioether (sulfide) groups is 1. The van der Waals surface area contributed by atoms with Crippen LogP contribution in [-0.2, 0) is 11.8 Å². The Kier molecular flexibility index (Phi) is 5.72. The highest BCUT2D eigenvalue weighted by atomic mass is 32.2. The van der Waals surface area contributed by atoms with Gasteiger partial charge in [0.2, 0.25) is 5.91 Å². The molecule has 0 spiro atoms. The van der Waals surface area contributed by atoms with Gasteiger partial charge in [0.1, 0.15) is 5.75 Å². The van der Waals surface area contributed by atoms with Crippen molar-refractivity contribution in [2.45, 2.75) is 17.3 Å².